The third-order valence-electron chi connectivity index (χ3n) is 4.57. The summed E-state index contributed by atoms with van der Waals surface area (Å²) in [6.45, 7) is 8.17. The molecule has 2 aliphatic heterocycles. The zero-order chi connectivity index (χ0) is 14.8. The van der Waals surface area contributed by atoms with Gasteiger partial charge in [0, 0.05) is 48.4 Å². The molecule has 2 N–H and O–H groups in total. The van der Waals surface area contributed by atoms with Crippen LogP contribution in [0.25, 0.3) is 0 Å². The van der Waals surface area contributed by atoms with E-state index in [9.17, 15) is 0 Å². The lowest BCUT2D eigenvalue weighted by Gasteiger charge is -2.32. The van der Waals surface area contributed by atoms with Gasteiger partial charge in [0.25, 0.3) is 0 Å². The van der Waals surface area contributed by atoms with E-state index in [0.29, 0.717) is 6.04 Å². The SMILES string of the molecule is C[C@@H](N)c1ccc(N2CCC(N3CCOCC3)C2)cc1Br. The van der Waals surface area contributed by atoms with Gasteiger partial charge >= 0.3 is 0 Å². The first-order valence-corrected chi connectivity index (χ1v) is 8.56. The molecule has 1 aromatic rings. The summed E-state index contributed by atoms with van der Waals surface area (Å²) in [6.07, 6.45) is 1.24. The fourth-order valence-corrected chi connectivity index (χ4v) is 4.03. The van der Waals surface area contributed by atoms with Crippen LogP contribution < -0.4 is 10.6 Å². The molecule has 1 unspecified atom stereocenters. The molecule has 0 aromatic heterocycles. The Morgan fingerprint density at radius 3 is 2.71 bits per heavy atom. The number of hydrogen-bond donors (Lipinski definition) is 1. The summed E-state index contributed by atoms with van der Waals surface area (Å²) in [5, 5.41) is 0. The number of halogens is 1. The average Bonchev–Trinajstić information content (AvgIpc) is 2.97. The number of anilines is 1. The molecule has 116 valence electrons. The van der Waals surface area contributed by atoms with Crippen molar-refractivity contribution in [3.05, 3.63) is 28.2 Å². The monoisotopic (exact) mass is 353 g/mol. The predicted octanol–water partition coefficient (Wildman–Crippen LogP) is 2.38. The Bertz CT molecular complexity index is 488. The molecule has 0 saturated carbocycles. The molecule has 0 amide bonds. The van der Waals surface area contributed by atoms with E-state index in [1.165, 1.54) is 17.7 Å². The first-order chi connectivity index (χ1) is 10.1. The molecule has 0 spiro atoms. The summed E-state index contributed by atoms with van der Waals surface area (Å²) >= 11 is 3.65. The molecule has 2 aliphatic rings. The third-order valence-corrected chi connectivity index (χ3v) is 5.25. The summed E-state index contributed by atoms with van der Waals surface area (Å²) in [4.78, 5) is 5.06. The zero-order valence-corrected chi connectivity index (χ0v) is 14.2. The largest absolute Gasteiger partial charge is 0.379 e. The highest BCUT2D eigenvalue weighted by atomic mass is 79.9. The fraction of sp³-hybridized carbons (Fsp3) is 0.625. The topological polar surface area (TPSA) is 41.7 Å². The second kappa shape index (κ2) is 6.65. The van der Waals surface area contributed by atoms with Crippen LogP contribution in [0.4, 0.5) is 5.69 Å². The van der Waals surface area contributed by atoms with E-state index in [2.05, 4.69) is 43.9 Å². The Kier molecular flexibility index (Phi) is 4.84. The predicted molar refractivity (Wildman–Crippen MR) is 89.8 cm³/mol. The number of hydrogen-bond acceptors (Lipinski definition) is 4. The van der Waals surface area contributed by atoms with Gasteiger partial charge in [0.2, 0.25) is 0 Å². The number of rotatable bonds is 3. The average molecular weight is 354 g/mol. The second-order valence-corrected chi connectivity index (χ2v) is 6.89. The summed E-state index contributed by atoms with van der Waals surface area (Å²) in [6, 6.07) is 7.28. The number of benzene rings is 1. The molecular weight excluding hydrogens is 330 g/mol. The second-order valence-electron chi connectivity index (χ2n) is 6.03. The van der Waals surface area contributed by atoms with Crippen LogP contribution in [0.5, 0.6) is 0 Å². The van der Waals surface area contributed by atoms with Crippen molar-refractivity contribution in [1.82, 2.24) is 4.90 Å². The maximum atomic E-state index is 5.98. The van der Waals surface area contributed by atoms with Gasteiger partial charge in [-0.3, -0.25) is 4.90 Å². The van der Waals surface area contributed by atoms with Crippen LogP contribution in [-0.4, -0.2) is 50.3 Å². The van der Waals surface area contributed by atoms with Gasteiger partial charge in [0.05, 0.1) is 13.2 Å². The van der Waals surface area contributed by atoms with E-state index in [0.717, 1.165) is 43.9 Å². The van der Waals surface area contributed by atoms with Crippen LogP contribution in [0, 0.1) is 0 Å². The van der Waals surface area contributed by atoms with Gasteiger partial charge in [0.1, 0.15) is 0 Å². The van der Waals surface area contributed by atoms with Crippen LogP contribution in [0.2, 0.25) is 0 Å². The lowest BCUT2D eigenvalue weighted by molar-refractivity contribution is 0.0209. The minimum atomic E-state index is 0.0631. The van der Waals surface area contributed by atoms with Crippen molar-refractivity contribution in [3.63, 3.8) is 0 Å². The van der Waals surface area contributed by atoms with E-state index in [1.54, 1.807) is 0 Å². The summed E-state index contributed by atoms with van der Waals surface area (Å²) < 4.78 is 6.56. The van der Waals surface area contributed by atoms with Crippen molar-refractivity contribution < 1.29 is 4.74 Å². The molecular formula is C16H24BrN3O. The molecule has 5 heteroatoms. The molecule has 3 rings (SSSR count). The Morgan fingerprint density at radius 2 is 2.05 bits per heavy atom. The van der Waals surface area contributed by atoms with Gasteiger partial charge in [-0.25, -0.2) is 0 Å². The van der Waals surface area contributed by atoms with Gasteiger partial charge in [-0.2, -0.15) is 0 Å². The highest BCUT2D eigenvalue weighted by Crippen LogP contribution is 2.30. The maximum Gasteiger partial charge on any atom is 0.0594 e. The molecule has 4 nitrogen and oxygen atoms in total. The molecule has 21 heavy (non-hydrogen) atoms. The molecule has 0 radical (unpaired) electrons. The standard InChI is InChI=1S/C16H24BrN3O/c1-12(18)15-3-2-13(10-16(15)17)20-5-4-14(11-20)19-6-8-21-9-7-19/h2-3,10,12,14H,4-9,11,18H2,1H3/t12-,14?/m1/s1. The number of ether oxygens (including phenoxy) is 1. The number of nitrogens with two attached hydrogens (primary N) is 1. The van der Waals surface area contributed by atoms with Crippen molar-refractivity contribution in [1.29, 1.82) is 0 Å². The van der Waals surface area contributed by atoms with Crippen LogP contribution in [0.1, 0.15) is 24.9 Å². The summed E-state index contributed by atoms with van der Waals surface area (Å²) in [5.41, 5.74) is 8.44. The molecule has 0 aliphatic carbocycles. The van der Waals surface area contributed by atoms with Gasteiger partial charge in [0.15, 0.2) is 0 Å². The Labute approximate surface area is 135 Å². The van der Waals surface area contributed by atoms with Gasteiger partial charge < -0.3 is 15.4 Å². The lowest BCUT2D eigenvalue weighted by atomic mass is 10.1. The number of morpholine rings is 1. The van der Waals surface area contributed by atoms with E-state index in [1.807, 2.05) is 6.92 Å². The highest BCUT2D eigenvalue weighted by Gasteiger charge is 2.29. The quantitative estimate of drug-likeness (QED) is 0.905. The molecule has 2 fully saturated rings. The van der Waals surface area contributed by atoms with Crippen molar-refractivity contribution in [2.45, 2.75) is 25.4 Å². The van der Waals surface area contributed by atoms with E-state index < -0.39 is 0 Å². The fourth-order valence-electron chi connectivity index (χ4n) is 3.30. The molecule has 2 saturated heterocycles. The van der Waals surface area contributed by atoms with Crippen molar-refractivity contribution in [3.8, 4) is 0 Å². The Morgan fingerprint density at radius 1 is 1.29 bits per heavy atom. The van der Waals surface area contributed by atoms with Gasteiger partial charge in [-0.1, -0.05) is 22.0 Å². The van der Waals surface area contributed by atoms with Gasteiger partial charge in [-0.05, 0) is 31.0 Å². The van der Waals surface area contributed by atoms with Crippen molar-refractivity contribution in [2.24, 2.45) is 5.73 Å². The highest BCUT2D eigenvalue weighted by molar-refractivity contribution is 9.10. The maximum absolute atomic E-state index is 5.98. The first-order valence-electron chi connectivity index (χ1n) is 7.77. The molecule has 2 atom stereocenters. The normalized spacial score (nSPS) is 25.3. The van der Waals surface area contributed by atoms with E-state index in [-0.39, 0.29) is 6.04 Å². The molecule has 0 bridgehead atoms. The minimum Gasteiger partial charge on any atom is -0.379 e. The van der Waals surface area contributed by atoms with Crippen molar-refractivity contribution >= 4 is 21.6 Å². The molecule has 2 heterocycles. The Balaban J connectivity index is 1.67. The minimum absolute atomic E-state index is 0.0631. The van der Waals surface area contributed by atoms with Crippen LogP contribution in [0.3, 0.4) is 0 Å². The summed E-state index contributed by atoms with van der Waals surface area (Å²) in [7, 11) is 0. The van der Waals surface area contributed by atoms with E-state index >= 15 is 0 Å². The van der Waals surface area contributed by atoms with E-state index in [4.69, 9.17) is 10.5 Å². The third kappa shape index (κ3) is 3.42. The van der Waals surface area contributed by atoms with Crippen molar-refractivity contribution in [2.75, 3.05) is 44.3 Å². The molecule has 1 aromatic carbocycles. The zero-order valence-electron chi connectivity index (χ0n) is 12.6. The van der Waals surface area contributed by atoms with Gasteiger partial charge in [-0.15, -0.1) is 0 Å². The smallest absolute Gasteiger partial charge is 0.0594 e. The van der Waals surface area contributed by atoms with Crippen LogP contribution >= 0.6 is 15.9 Å². The number of nitrogens with zero attached hydrogens (tertiary/aromatic N) is 2. The van der Waals surface area contributed by atoms with Crippen LogP contribution in [-0.2, 0) is 4.74 Å². The Hall–Kier alpha value is -0.620. The first kappa shape index (κ1) is 15.3. The lowest BCUT2D eigenvalue weighted by Crippen LogP contribution is -2.44. The van der Waals surface area contributed by atoms with Crippen LogP contribution in [0.15, 0.2) is 22.7 Å². The summed E-state index contributed by atoms with van der Waals surface area (Å²) in [5.74, 6) is 0.